The van der Waals surface area contributed by atoms with E-state index >= 15 is 0 Å². The van der Waals surface area contributed by atoms with E-state index in [0.29, 0.717) is 13.0 Å². The quantitative estimate of drug-likeness (QED) is 0.436. The summed E-state index contributed by atoms with van der Waals surface area (Å²) in [7, 11) is 0. The molecule has 5 heteroatoms. The van der Waals surface area contributed by atoms with Gasteiger partial charge in [-0.1, -0.05) is 6.08 Å². The number of ketones is 1. The van der Waals surface area contributed by atoms with Gasteiger partial charge in [-0.3, -0.25) is 14.4 Å². The number of amides is 2. The van der Waals surface area contributed by atoms with Gasteiger partial charge in [0.2, 0.25) is 12.3 Å². The van der Waals surface area contributed by atoms with Crippen LogP contribution >= 0.6 is 0 Å². The number of nitrogens with zero attached hydrogens (tertiary/aromatic N) is 1. The SMILES string of the molecule is C=CCN(CC(C)=O)C(=O)CNC=O. The van der Waals surface area contributed by atoms with Crippen molar-refractivity contribution in [1.82, 2.24) is 10.2 Å². The van der Waals surface area contributed by atoms with E-state index in [9.17, 15) is 14.4 Å². The highest BCUT2D eigenvalue weighted by atomic mass is 16.2. The fraction of sp³-hybridized carbons (Fsp3) is 0.444. The van der Waals surface area contributed by atoms with Crippen molar-refractivity contribution in [3.63, 3.8) is 0 Å². The summed E-state index contributed by atoms with van der Waals surface area (Å²) >= 11 is 0. The fourth-order valence-corrected chi connectivity index (χ4v) is 0.920. The first-order valence-corrected chi connectivity index (χ1v) is 4.17. The Morgan fingerprint density at radius 1 is 1.50 bits per heavy atom. The molecule has 1 N–H and O–H groups in total. The Morgan fingerprint density at radius 2 is 2.14 bits per heavy atom. The summed E-state index contributed by atoms with van der Waals surface area (Å²) in [5.74, 6) is -0.404. The predicted molar refractivity (Wildman–Crippen MR) is 51.5 cm³/mol. The van der Waals surface area contributed by atoms with Crippen molar-refractivity contribution in [1.29, 1.82) is 0 Å². The van der Waals surface area contributed by atoms with Gasteiger partial charge in [0.05, 0.1) is 13.1 Å². The first kappa shape index (κ1) is 12.3. The molecule has 78 valence electrons. The van der Waals surface area contributed by atoms with Gasteiger partial charge in [0.1, 0.15) is 5.78 Å². The van der Waals surface area contributed by atoms with Crippen LogP contribution in [0, 0.1) is 0 Å². The van der Waals surface area contributed by atoms with Crippen LogP contribution in [0.1, 0.15) is 6.92 Å². The Morgan fingerprint density at radius 3 is 2.57 bits per heavy atom. The van der Waals surface area contributed by atoms with Gasteiger partial charge in [-0.05, 0) is 6.92 Å². The molecule has 0 radical (unpaired) electrons. The number of nitrogens with one attached hydrogen (secondary N) is 1. The minimum atomic E-state index is -0.299. The van der Waals surface area contributed by atoms with E-state index in [0.717, 1.165) is 0 Å². The lowest BCUT2D eigenvalue weighted by molar-refractivity contribution is -0.134. The largest absolute Gasteiger partial charge is 0.350 e. The van der Waals surface area contributed by atoms with Gasteiger partial charge in [-0.2, -0.15) is 0 Å². The molecule has 0 aliphatic heterocycles. The first-order chi connectivity index (χ1) is 6.61. The molecule has 0 bridgehead atoms. The van der Waals surface area contributed by atoms with E-state index in [1.807, 2.05) is 0 Å². The van der Waals surface area contributed by atoms with Crippen LogP contribution in [0.5, 0.6) is 0 Å². The van der Waals surface area contributed by atoms with Gasteiger partial charge < -0.3 is 10.2 Å². The van der Waals surface area contributed by atoms with Crippen LogP contribution in [0.2, 0.25) is 0 Å². The maximum absolute atomic E-state index is 11.3. The first-order valence-electron chi connectivity index (χ1n) is 4.17. The maximum Gasteiger partial charge on any atom is 0.242 e. The van der Waals surface area contributed by atoms with Crippen molar-refractivity contribution < 1.29 is 14.4 Å². The third kappa shape index (κ3) is 5.08. The summed E-state index contributed by atoms with van der Waals surface area (Å²) in [5, 5.41) is 2.24. The van der Waals surface area contributed by atoms with Crippen LogP contribution in [0.25, 0.3) is 0 Å². The highest BCUT2D eigenvalue weighted by Crippen LogP contribution is 1.90. The highest BCUT2D eigenvalue weighted by Gasteiger charge is 2.12. The van der Waals surface area contributed by atoms with Gasteiger partial charge >= 0.3 is 0 Å². The Kier molecular flexibility index (Phi) is 6.02. The molecule has 5 nitrogen and oxygen atoms in total. The summed E-state index contributed by atoms with van der Waals surface area (Å²) in [6, 6.07) is 0. The number of carbonyl (C=O) groups is 3. The molecule has 0 saturated carbocycles. The molecular weight excluding hydrogens is 184 g/mol. The number of rotatable bonds is 7. The van der Waals surface area contributed by atoms with Crippen molar-refractivity contribution in [3.05, 3.63) is 12.7 Å². The summed E-state index contributed by atoms with van der Waals surface area (Å²) in [6.07, 6.45) is 1.97. The number of hydrogen-bond acceptors (Lipinski definition) is 3. The second kappa shape index (κ2) is 6.82. The van der Waals surface area contributed by atoms with E-state index < -0.39 is 0 Å². The summed E-state index contributed by atoms with van der Waals surface area (Å²) in [5.41, 5.74) is 0. The monoisotopic (exact) mass is 198 g/mol. The van der Waals surface area contributed by atoms with Crippen molar-refractivity contribution >= 4 is 18.1 Å². The molecule has 0 aromatic heterocycles. The Bertz CT molecular complexity index is 238. The summed E-state index contributed by atoms with van der Waals surface area (Å²) in [4.78, 5) is 33.4. The number of Topliss-reactive ketones (excluding diaryl/α,β-unsaturated/α-hetero) is 1. The van der Waals surface area contributed by atoms with Crippen molar-refractivity contribution in [3.8, 4) is 0 Å². The molecule has 0 spiro atoms. The average Bonchev–Trinajstić information content (AvgIpc) is 2.13. The molecule has 2 amide bonds. The van der Waals surface area contributed by atoms with Crippen LogP contribution in [0.3, 0.4) is 0 Å². The molecule has 0 rings (SSSR count). The molecule has 0 saturated heterocycles. The third-order valence-electron chi connectivity index (χ3n) is 1.45. The fourth-order valence-electron chi connectivity index (χ4n) is 0.920. The third-order valence-corrected chi connectivity index (χ3v) is 1.45. The zero-order chi connectivity index (χ0) is 11.0. The van der Waals surface area contributed by atoms with E-state index in [4.69, 9.17) is 0 Å². The minimum absolute atomic E-state index is 0.0470. The van der Waals surface area contributed by atoms with Gasteiger partial charge in [0.15, 0.2) is 0 Å². The molecule has 0 aliphatic rings. The van der Waals surface area contributed by atoms with Crippen LogP contribution in [0.15, 0.2) is 12.7 Å². The van der Waals surface area contributed by atoms with Crippen LogP contribution in [0.4, 0.5) is 0 Å². The lowest BCUT2D eigenvalue weighted by Gasteiger charge is -2.18. The summed E-state index contributed by atoms with van der Waals surface area (Å²) in [6.45, 7) is 5.13. The van der Waals surface area contributed by atoms with Gasteiger partial charge in [0, 0.05) is 6.54 Å². The van der Waals surface area contributed by atoms with Crippen LogP contribution < -0.4 is 5.32 Å². The number of hydrogen-bond donors (Lipinski definition) is 1. The number of carbonyl (C=O) groups excluding carboxylic acids is 3. The van der Waals surface area contributed by atoms with Crippen LogP contribution in [-0.4, -0.2) is 42.6 Å². The topological polar surface area (TPSA) is 66.5 Å². The standard InChI is InChI=1S/C9H14N2O3/c1-3-4-11(6-8(2)13)9(14)5-10-7-12/h3,7H,1,4-6H2,2H3,(H,10,12). The molecule has 0 aliphatic carbocycles. The Labute approximate surface area is 82.8 Å². The van der Waals surface area contributed by atoms with Gasteiger partial charge in [-0.25, -0.2) is 0 Å². The van der Waals surface area contributed by atoms with Crippen LogP contribution in [-0.2, 0) is 14.4 Å². The van der Waals surface area contributed by atoms with E-state index in [1.165, 1.54) is 17.9 Å². The minimum Gasteiger partial charge on any atom is -0.350 e. The lowest BCUT2D eigenvalue weighted by Crippen LogP contribution is -2.40. The Hall–Kier alpha value is -1.65. The highest BCUT2D eigenvalue weighted by molar-refractivity contribution is 5.86. The molecule has 0 aromatic rings. The Balaban J connectivity index is 4.16. The molecule has 0 heterocycles. The average molecular weight is 198 g/mol. The van der Waals surface area contributed by atoms with Gasteiger partial charge in [-0.15, -0.1) is 6.58 Å². The maximum atomic E-state index is 11.3. The molecule has 0 unspecified atom stereocenters. The molecule has 0 atom stereocenters. The van der Waals surface area contributed by atoms with Crippen molar-refractivity contribution in [2.45, 2.75) is 6.92 Å². The van der Waals surface area contributed by atoms with E-state index in [1.54, 1.807) is 0 Å². The normalized spacial score (nSPS) is 8.93. The second-order valence-corrected chi connectivity index (χ2v) is 2.76. The smallest absolute Gasteiger partial charge is 0.242 e. The summed E-state index contributed by atoms with van der Waals surface area (Å²) < 4.78 is 0. The molecule has 0 fully saturated rings. The van der Waals surface area contributed by atoms with Crippen molar-refractivity contribution in [2.75, 3.05) is 19.6 Å². The molecule has 0 aromatic carbocycles. The lowest BCUT2D eigenvalue weighted by atomic mass is 10.3. The van der Waals surface area contributed by atoms with E-state index in [-0.39, 0.29) is 24.8 Å². The zero-order valence-electron chi connectivity index (χ0n) is 8.16. The van der Waals surface area contributed by atoms with E-state index in [2.05, 4.69) is 11.9 Å². The predicted octanol–water partition coefficient (Wildman–Crippen LogP) is -0.664. The molecule has 14 heavy (non-hydrogen) atoms. The molecular formula is C9H14N2O3. The zero-order valence-corrected chi connectivity index (χ0v) is 8.16. The van der Waals surface area contributed by atoms with Gasteiger partial charge in [0.25, 0.3) is 0 Å². The van der Waals surface area contributed by atoms with Crippen molar-refractivity contribution in [2.24, 2.45) is 0 Å². The second-order valence-electron chi connectivity index (χ2n) is 2.76.